The third-order valence-electron chi connectivity index (χ3n) is 4.24. The topological polar surface area (TPSA) is 51.7 Å². The van der Waals surface area contributed by atoms with Crippen molar-refractivity contribution in [1.29, 1.82) is 0 Å². The molecule has 136 valence electrons. The van der Waals surface area contributed by atoms with Crippen molar-refractivity contribution in [3.63, 3.8) is 0 Å². The van der Waals surface area contributed by atoms with Crippen LogP contribution in [-0.4, -0.2) is 55.1 Å². The number of carbonyl (C=O) groups excluding carboxylic acids is 1. The predicted octanol–water partition coefficient (Wildman–Crippen LogP) is 3.08. The molecule has 0 atom stereocenters. The molecular weight excluding hydrogens is 328 g/mol. The van der Waals surface area contributed by atoms with Gasteiger partial charge in [-0.25, -0.2) is 0 Å². The second kappa shape index (κ2) is 9.85. The molecule has 1 fully saturated rings. The van der Waals surface area contributed by atoms with Crippen LogP contribution in [0.25, 0.3) is 6.08 Å². The van der Waals surface area contributed by atoms with Crippen LogP contribution in [0, 0.1) is 0 Å². The number of benzene rings is 1. The molecule has 0 spiro atoms. The van der Waals surface area contributed by atoms with E-state index in [-0.39, 0.29) is 5.78 Å². The van der Waals surface area contributed by atoms with Gasteiger partial charge in [0.2, 0.25) is 0 Å². The Kier molecular flexibility index (Phi) is 6.93. The first-order valence-corrected chi connectivity index (χ1v) is 8.97. The van der Waals surface area contributed by atoms with Gasteiger partial charge in [-0.15, -0.1) is 0 Å². The van der Waals surface area contributed by atoms with Crippen LogP contribution in [0.2, 0.25) is 0 Å². The van der Waals surface area contributed by atoms with E-state index in [1.807, 2.05) is 24.3 Å². The van der Waals surface area contributed by atoms with Crippen LogP contribution in [-0.2, 0) is 4.74 Å². The minimum atomic E-state index is -0.0345. The lowest BCUT2D eigenvalue weighted by Gasteiger charge is -2.26. The number of nitrogens with zero attached hydrogens (tertiary/aromatic N) is 2. The zero-order valence-electron chi connectivity index (χ0n) is 14.8. The SMILES string of the molecule is O=C(/C=C/c1cccnc1)c1ccc(OCCCN2CCOCC2)cc1. The Morgan fingerprint density at radius 1 is 1.19 bits per heavy atom. The Balaban J connectivity index is 1.42. The molecule has 0 unspecified atom stereocenters. The lowest BCUT2D eigenvalue weighted by Crippen LogP contribution is -2.37. The number of carbonyl (C=O) groups is 1. The highest BCUT2D eigenvalue weighted by molar-refractivity contribution is 6.06. The number of rotatable bonds is 8. The van der Waals surface area contributed by atoms with Gasteiger partial charge in [0.05, 0.1) is 19.8 Å². The van der Waals surface area contributed by atoms with E-state index in [1.165, 1.54) is 0 Å². The van der Waals surface area contributed by atoms with Crippen molar-refractivity contribution in [2.45, 2.75) is 6.42 Å². The molecule has 1 aliphatic rings. The van der Waals surface area contributed by atoms with Gasteiger partial charge in [-0.05, 0) is 54.5 Å². The van der Waals surface area contributed by atoms with E-state index in [9.17, 15) is 4.79 Å². The zero-order valence-corrected chi connectivity index (χ0v) is 14.8. The Morgan fingerprint density at radius 2 is 2.00 bits per heavy atom. The van der Waals surface area contributed by atoms with Gasteiger partial charge in [0.15, 0.2) is 5.78 Å². The maximum absolute atomic E-state index is 12.2. The first kappa shape index (κ1) is 18.3. The Labute approximate surface area is 154 Å². The molecule has 2 aromatic rings. The van der Waals surface area contributed by atoms with Gasteiger partial charge >= 0.3 is 0 Å². The molecule has 1 aliphatic heterocycles. The minimum absolute atomic E-state index is 0.0345. The molecule has 0 N–H and O–H groups in total. The number of hydrogen-bond acceptors (Lipinski definition) is 5. The molecule has 0 aliphatic carbocycles. The fraction of sp³-hybridized carbons (Fsp3) is 0.333. The summed E-state index contributed by atoms with van der Waals surface area (Å²) in [6.45, 7) is 5.36. The molecular formula is C21H24N2O3. The molecule has 1 aromatic carbocycles. The smallest absolute Gasteiger partial charge is 0.185 e. The van der Waals surface area contributed by atoms with Gasteiger partial charge in [-0.1, -0.05) is 6.07 Å². The summed E-state index contributed by atoms with van der Waals surface area (Å²) in [5.41, 5.74) is 1.55. The first-order chi connectivity index (χ1) is 12.8. The number of pyridine rings is 1. The summed E-state index contributed by atoms with van der Waals surface area (Å²) >= 11 is 0. The molecule has 0 bridgehead atoms. The highest BCUT2D eigenvalue weighted by atomic mass is 16.5. The van der Waals surface area contributed by atoms with Crippen molar-refractivity contribution in [2.75, 3.05) is 39.5 Å². The normalized spacial score (nSPS) is 15.2. The maximum Gasteiger partial charge on any atom is 0.185 e. The number of aromatic nitrogens is 1. The van der Waals surface area contributed by atoms with Gasteiger partial charge in [0, 0.05) is 37.6 Å². The van der Waals surface area contributed by atoms with Gasteiger partial charge in [-0.2, -0.15) is 0 Å². The quantitative estimate of drug-likeness (QED) is 0.415. The standard InChI is InChI=1S/C21H24N2O3/c24-21(9-4-18-3-1-10-22-17-18)19-5-7-20(8-6-19)26-14-2-11-23-12-15-25-16-13-23/h1,3-10,17H,2,11-16H2/b9-4+. The lowest BCUT2D eigenvalue weighted by atomic mass is 10.1. The molecule has 5 nitrogen and oxygen atoms in total. The van der Waals surface area contributed by atoms with Crippen LogP contribution in [0.15, 0.2) is 54.9 Å². The summed E-state index contributed by atoms with van der Waals surface area (Å²) in [5.74, 6) is 0.757. The van der Waals surface area contributed by atoms with Crippen LogP contribution in [0.4, 0.5) is 0 Å². The summed E-state index contributed by atoms with van der Waals surface area (Å²) in [4.78, 5) is 18.6. The van der Waals surface area contributed by atoms with E-state index in [1.54, 1.807) is 36.7 Å². The summed E-state index contributed by atoms with van der Waals surface area (Å²) in [6.07, 6.45) is 7.74. The molecule has 0 radical (unpaired) electrons. The van der Waals surface area contributed by atoms with Crippen LogP contribution in [0.1, 0.15) is 22.3 Å². The van der Waals surface area contributed by atoms with Crippen molar-refractivity contribution in [2.24, 2.45) is 0 Å². The van der Waals surface area contributed by atoms with Crippen LogP contribution in [0.3, 0.4) is 0 Å². The first-order valence-electron chi connectivity index (χ1n) is 8.97. The molecule has 0 amide bonds. The van der Waals surface area contributed by atoms with E-state index in [0.29, 0.717) is 12.2 Å². The summed E-state index contributed by atoms with van der Waals surface area (Å²) in [5, 5.41) is 0. The summed E-state index contributed by atoms with van der Waals surface area (Å²) in [6, 6.07) is 11.0. The van der Waals surface area contributed by atoms with Crippen molar-refractivity contribution in [3.8, 4) is 5.75 Å². The number of hydrogen-bond donors (Lipinski definition) is 0. The van der Waals surface area contributed by atoms with Gasteiger partial charge in [0.25, 0.3) is 0 Å². The Morgan fingerprint density at radius 3 is 2.73 bits per heavy atom. The number of ether oxygens (including phenoxy) is 2. The number of morpholine rings is 1. The van der Waals surface area contributed by atoms with Crippen molar-refractivity contribution < 1.29 is 14.3 Å². The molecule has 26 heavy (non-hydrogen) atoms. The van der Waals surface area contributed by atoms with Crippen molar-refractivity contribution in [3.05, 3.63) is 66.0 Å². The van der Waals surface area contributed by atoms with E-state index in [2.05, 4.69) is 9.88 Å². The summed E-state index contributed by atoms with van der Waals surface area (Å²) in [7, 11) is 0. The van der Waals surface area contributed by atoms with Gasteiger partial charge in [0.1, 0.15) is 5.75 Å². The fourth-order valence-corrected chi connectivity index (χ4v) is 2.76. The molecule has 2 heterocycles. The van der Waals surface area contributed by atoms with Crippen molar-refractivity contribution in [1.82, 2.24) is 9.88 Å². The highest BCUT2D eigenvalue weighted by Crippen LogP contribution is 2.14. The van der Waals surface area contributed by atoms with Gasteiger partial charge in [-0.3, -0.25) is 14.7 Å². The second-order valence-electron chi connectivity index (χ2n) is 6.16. The van der Waals surface area contributed by atoms with E-state index >= 15 is 0 Å². The molecule has 1 aromatic heterocycles. The third kappa shape index (κ3) is 5.79. The average Bonchev–Trinajstić information content (AvgIpc) is 2.71. The maximum atomic E-state index is 12.2. The molecule has 3 rings (SSSR count). The fourth-order valence-electron chi connectivity index (χ4n) is 2.76. The molecule has 5 heteroatoms. The van der Waals surface area contributed by atoms with Crippen LogP contribution in [0.5, 0.6) is 5.75 Å². The highest BCUT2D eigenvalue weighted by Gasteiger charge is 2.09. The monoisotopic (exact) mass is 352 g/mol. The van der Waals surface area contributed by atoms with Crippen LogP contribution < -0.4 is 4.74 Å². The zero-order chi connectivity index (χ0) is 18.0. The predicted molar refractivity (Wildman–Crippen MR) is 101 cm³/mol. The molecule has 1 saturated heterocycles. The average molecular weight is 352 g/mol. The third-order valence-corrected chi connectivity index (χ3v) is 4.24. The number of ketones is 1. The second-order valence-corrected chi connectivity index (χ2v) is 6.16. The Bertz CT molecular complexity index is 708. The van der Waals surface area contributed by atoms with E-state index in [0.717, 1.165) is 50.6 Å². The van der Waals surface area contributed by atoms with E-state index in [4.69, 9.17) is 9.47 Å². The van der Waals surface area contributed by atoms with Crippen molar-refractivity contribution >= 4 is 11.9 Å². The minimum Gasteiger partial charge on any atom is -0.494 e. The lowest BCUT2D eigenvalue weighted by molar-refractivity contribution is 0.0358. The van der Waals surface area contributed by atoms with E-state index < -0.39 is 0 Å². The Hall–Kier alpha value is -2.50. The number of allylic oxidation sites excluding steroid dienone is 1. The molecule has 0 saturated carbocycles. The largest absolute Gasteiger partial charge is 0.494 e. The van der Waals surface area contributed by atoms with Gasteiger partial charge < -0.3 is 9.47 Å². The van der Waals surface area contributed by atoms with Crippen LogP contribution >= 0.6 is 0 Å². The summed E-state index contributed by atoms with van der Waals surface area (Å²) < 4.78 is 11.1.